The van der Waals surface area contributed by atoms with E-state index in [-0.39, 0.29) is 0 Å². The molecule has 0 fully saturated rings. The Hall–Kier alpha value is -1.16. The molecule has 0 N–H and O–H groups in total. The Bertz CT molecular complexity index is 428. The van der Waals surface area contributed by atoms with Gasteiger partial charge in [-0.05, 0) is 18.9 Å². The summed E-state index contributed by atoms with van der Waals surface area (Å²) in [6, 6.07) is 1.98. The lowest BCUT2D eigenvalue weighted by Crippen LogP contribution is -1.96. The Morgan fingerprint density at radius 2 is 2.21 bits per heavy atom. The SMILES string of the molecule is Cc1ccnn1-c1ncc(C(C)C)s1. The molecule has 0 radical (unpaired) electrons. The zero-order valence-corrected chi connectivity index (χ0v) is 9.38. The van der Waals surface area contributed by atoms with Gasteiger partial charge >= 0.3 is 0 Å². The van der Waals surface area contributed by atoms with Crippen molar-refractivity contribution in [2.45, 2.75) is 26.7 Å². The van der Waals surface area contributed by atoms with E-state index in [0.29, 0.717) is 5.92 Å². The second-order valence-electron chi connectivity index (χ2n) is 3.58. The minimum Gasteiger partial charge on any atom is -0.227 e. The van der Waals surface area contributed by atoms with Gasteiger partial charge < -0.3 is 0 Å². The highest BCUT2D eigenvalue weighted by Crippen LogP contribution is 2.24. The van der Waals surface area contributed by atoms with Gasteiger partial charge in [0.2, 0.25) is 5.13 Å². The molecule has 2 aromatic rings. The van der Waals surface area contributed by atoms with Gasteiger partial charge in [-0.15, -0.1) is 0 Å². The number of thiazole rings is 1. The van der Waals surface area contributed by atoms with Crippen molar-refractivity contribution in [1.29, 1.82) is 0 Å². The predicted molar refractivity (Wildman–Crippen MR) is 58.1 cm³/mol. The zero-order chi connectivity index (χ0) is 10.1. The maximum absolute atomic E-state index is 4.36. The van der Waals surface area contributed by atoms with Crippen LogP contribution in [0.2, 0.25) is 0 Å². The molecule has 0 unspecified atom stereocenters. The highest BCUT2D eigenvalue weighted by Gasteiger charge is 2.08. The summed E-state index contributed by atoms with van der Waals surface area (Å²) in [6.45, 7) is 6.38. The van der Waals surface area contributed by atoms with Crippen LogP contribution in [0, 0.1) is 6.92 Å². The van der Waals surface area contributed by atoms with Gasteiger partial charge in [-0.25, -0.2) is 9.67 Å². The Labute approximate surface area is 87.4 Å². The highest BCUT2D eigenvalue weighted by molar-refractivity contribution is 7.14. The Balaban J connectivity index is 2.39. The van der Waals surface area contributed by atoms with Crippen LogP contribution in [0.1, 0.15) is 30.3 Å². The van der Waals surface area contributed by atoms with Crippen LogP contribution in [0.4, 0.5) is 0 Å². The number of aromatic nitrogens is 3. The van der Waals surface area contributed by atoms with Crippen LogP contribution in [0.15, 0.2) is 18.5 Å². The number of nitrogens with zero attached hydrogens (tertiary/aromatic N) is 3. The third-order valence-corrected chi connectivity index (χ3v) is 3.37. The number of hydrogen-bond donors (Lipinski definition) is 0. The number of aryl methyl sites for hydroxylation is 1. The second-order valence-corrected chi connectivity index (χ2v) is 4.62. The first-order valence-corrected chi connectivity index (χ1v) is 5.47. The lowest BCUT2D eigenvalue weighted by molar-refractivity contribution is 0.837. The summed E-state index contributed by atoms with van der Waals surface area (Å²) >= 11 is 1.70. The normalized spacial score (nSPS) is 11.1. The van der Waals surface area contributed by atoms with E-state index >= 15 is 0 Å². The molecule has 0 saturated heterocycles. The lowest BCUT2D eigenvalue weighted by Gasteiger charge is -1.98. The van der Waals surface area contributed by atoms with Crippen molar-refractivity contribution in [3.05, 3.63) is 29.0 Å². The lowest BCUT2D eigenvalue weighted by atomic mass is 10.2. The third kappa shape index (κ3) is 1.57. The van der Waals surface area contributed by atoms with Gasteiger partial charge in [0, 0.05) is 23.0 Å². The third-order valence-electron chi connectivity index (χ3n) is 2.09. The van der Waals surface area contributed by atoms with Crippen molar-refractivity contribution in [2.75, 3.05) is 0 Å². The van der Waals surface area contributed by atoms with Crippen molar-refractivity contribution < 1.29 is 0 Å². The molecule has 0 aliphatic heterocycles. The Kier molecular flexibility index (Phi) is 2.37. The summed E-state index contributed by atoms with van der Waals surface area (Å²) in [6.07, 6.45) is 3.73. The maximum Gasteiger partial charge on any atom is 0.210 e. The molecule has 0 bridgehead atoms. The fraction of sp³-hybridized carbons (Fsp3) is 0.400. The molecular formula is C10H13N3S. The maximum atomic E-state index is 4.36. The van der Waals surface area contributed by atoms with Gasteiger partial charge in [0.25, 0.3) is 0 Å². The minimum absolute atomic E-state index is 0.539. The predicted octanol–water partition coefficient (Wildman–Crippen LogP) is 2.76. The smallest absolute Gasteiger partial charge is 0.210 e. The zero-order valence-electron chi connectivity index (χ0n) is 8.56. The topological polar surface area (TPSA) is 30.7 Å². The highest BCUT2D eigenvalue weighted by atomic mass is 32.1. The van der Waals surface area contributed by atoms with Gasteiger partial charge in [-0.2, -0.15) is 5.10 Å². The molecule has 0 saturated carbocycles. The fourth-order valence-corrected chi connectivity index (χ4v) is 2.15. The molecule has 0 aromatic carbocycles. The molecule has 14 heavy (non-hydrogen) atoms. The van der Waals surface area contributed by atoms with Crippen LogP contribution in [-0.2, 0) is 0 Å². The van der Waals surface area contributed by atoms with Crippen LogP contribution in [0.25, 0.3) is 5.13 Å². The van der Waals surface area contributed by atoms with E-state index in [0.717, 1.165) is 10.8 Å². The fourth-order valence-electron chi connectivity index (χ4n) is 1.21. The molecule has 0 atom stereocenters. The van der Waals surface area contributed by atoms with E-state index in [1.165, 1.54) is 4.88 Å². The van der Waals surface area contributed by atoms with Gasteiger partial charge in [0.1, 0.15) is 0 Å². The summed E-state index contributed by atoms with van der Waals surface area (Å²) in [5.74, 6) is 0.539. The van der Waals surface area contributed by atoms with E-state index in [9.17, 15) is 0 Å². The van der Waals surface area contributed by atoms with E-state index in [1.807, 2.05) is 23.9 Å². The van der Waals surface area contributed by atoms with E-state index < -0.39 is 0 Å². The summed E-state index contributed by atoms with van der Waals surface area (Å²) in [5.41, 5.74) is 1.12. The van der Waals surface area contributed by atoms with Crippen LogP contribution in [-0.4, -0.2) is 14.8 Å². The Morgan fingerprint density at radius 3 is 2.71 bits per heavy atom. The summed E-state index contributed by atoms with van der Waals surface area (Å²) < 4.78 is 1.87. The summed E-state index contributed by atoms with van der Waals surface area (Å²) in [4.78, 5) is 5.66. The largest absolute Gasteiger partial charge is 0.227 e. The summed E-state index contributed by atoms with van der Waals surface area (Å²) in [5, 5.41) is 5.18. The van der Waals surface area contributed by atoms with E-state index in [1.54, 1.807) is 17.5 Å². The first-order chi connectivity index (χ1) is 6.68. The molecule has 0 amide bonds. The number of rotatable bonds is 2. The van der Waals surface area contributed by atoms with Crippen molar-refractivity contribution in [1.82, 2.24) is 14.8 Å². The quantitative estimate of drug-likeness (QED) is 0.758. The molecule has 0 aliphatic rings. The molecule has 4 heteroatoms. The molecule has 2 heterocycles. The van der Waals surface area contributed by atoms with Crippen molar-refractivity contribution in [3.63, 3.8) is 0 Å². The van der Waals surface area contributed by atoms with Crippen molar-refractivity contribution >= 4 is 11.3 Å². The minimum atomic E-state index is 0.539. The standard InChI is InChI=1S/C10H13N3S/c1-7(2)9-6-11-10(14-9)13-8(3)4-5-12-13/h4-7H,1-3H3. The van der Waals surface area contributed by atoms with E-state index in [2.05, 4.69) is 23.9 Å². The monoisotopic (exact) mass is 207 g/mol. The molecule has 3 nitrogen and oxygen atoms in total. The van der Waals surface area contributed by atoms with E-state index in [4.69, 9.17) is 0 Å². The van der Waals surface area contributed by atoms with Crippen LogP contribution < -0.4 is 0 Å². The van der Waals surface area contributed by atoms with Gasteiger partial charge in [-0.3, -0.25) is 0 Å². The van der Waals surface area contributed by atoms with Gasteiger partial charge in [-0.1, -0.05) is 25.2 Å². The summed E-state index contributed by atoms with van der Waals surface area (Å²) in [7, 11) is 0. The Morgan fingerprint density at radius 1 is 1.43 bits per heavy atom. The van der Waals surface area contributed by atoms with Crippen molar-refractivity contribution in [2.24, 2.45) is 0 Å². The van der Waals surface area contributed by atoms with Gasteiger partial charge in [0.15, 0.2) is 0 Å². The second kappa shape index (κ2) is 3.53. The molecule has 2 rings (SSSR count). The molecule has 2 aromatic heterocycles. The van der Waals surface area contributed by atoms with Crippen LogP contribution in [0.5, 0.6) is 0 Å². The number of hydrogen-bond acceptors (Lipinski definition) is 3. The molecule has 0 aliphatic carbocycles. The van der Waals surface area contributed by atoms with Crippen molar-refractivity contribution in [3.8, 4) is 5.13 Å². The first kappa shape index (κ1) is 9.40. The molecule has 74 valence electrons. The van der Waals surface area contributed by atoms with Crippen LogP contribution >= 0.6 is 11.3 Å². The van der Waals surface area contributed by atoms with Gasteiger partial charge in [0.05, 0.1) is 0 Å². The average molecular weight is 207 g/mol. The first-order valence-electron chi connectivity index (χ1n) is 4.65. The van der Waals surface area contributed by atoms with Crippen LogP contribution in [0.3, 0.4) is 0 Å². The molecular weight excluding hydrogens is 194 g/mol. The molecule has 0 spiro atoms. The average Bonchev–Trinajstić information content (AvgIpc) is 2.71.